The Labute approximate surface area is 235 Å². The van der Waals surface area contributed by atoms with E-state index in [2.05, 4.69) is 34.1 Å². The summed E-state index contributed by atoms with van der Waals surface area (Å²) in [5.74, 6) is 0.0312. The lowest BCUT2D eigenvalue weighted by Gasteiger charge is -2.34. The monoisotopic (exact) mass is 572 g/mol. The molecule has 2 fully saturated rings. The van der Waals surface area contributed by atoms with E-state index in [4.69, 9.17) is 11.6 Å². The van der Waals surface area contributed by atoms with Gasteiger partial charge in [0.1, 0.15) is 6.04 Å². The molecule has 0 bridgehead atoms. The number of rotatable bonds is 9. The molecule has 2 aromatic rings. The summed E-state index contributed by atoms with van der Waals surface area (Å²) in [6.45, 7) is 5.61. The molecule has 2 amide bonds. The summed E-state index contributed by atoms with van der Waals surface area (Å²) in [5.41, 5.74) is 4.72. The molecule has 3 aliphatic rings. The van der Waals surface area contributed by atoms with Crippen molar-refractivity contribution in [2.24, 2.45) is 5.92 Å². The van der Waals surface area contributed by atoms with Crippen LogP contribution in [-0.2, 0) is 32.6 Å². The van der Waals surface area contributed by atoms with Crippen LogP contribution >= 0.6 is 11.6 Å². The molecule has 2 aromatic carbocycles. The Morgan fingerprint density at radius 3 is 2.69 bits per heavy atom. The first-order chi connectivity index (χ1) is 18.6. The normalized spacial score (nSPS) is 21.8. The second-order valence-electron chi connectivity index (χ2n) is 11.1. The highest BCUT2D eigenvalue weighted by molar-refractivity contribution is 7.89. The van der Waals surface area contributed by atoms with E-state index in [1.807, 2.05) is 0 Å². The second kappa shape index (κ2) is 11.6. The molecule has 39 heavy (non-hydrogen) atoms. The molecular weight excluding hydrogens is 536 g/mol. The van der Waals surface area contributed by atoms with Gasteiger partial charge in [0.15, 0.2) is 0 Å². The van der Waals surface area contributed by atoms with Gasteiger partial charge in [-0.2, -0.15) is 4.31 Å². The fourth-order valence-corrected chi connectivity index (χ4v) is 7.73. The lowest BCUT2D eigenvalue weighted by atomic mass is 9.86. The number of piperazine rings is 1. The summed E-state index contributed by atoms with van der Waals surface area (Å²) < 4.78 is 28.5. The molecule has 210 valence electrons. The first-order valence-corrected chi connectivity index (χ1v) is 15.6. The summed E-state index contributed by atoms with van der Waals surface area (Å²) in [5, 5.41) is 9.83. The molecular formula is C29H37ClN4O4S. The quantitative estimate of drug-likeness (QED) is 0.426. The largest absolute Gasteiger partial charge is 0.353 e. The summed E-state index contributed by atoms with van der Waals surface area (Å²) in [6.07, 6.45) is 5.13. The average molecular weight is 573 g/mol. The van der Waals surface area contributed by atoms with Gasteiger partial charge >= 0.3 is 0 Å². The van der Waals surface area contributed by atoms with E-state index in [9.17, 15) is 18.0 Å². The van der Waals surface area contributed by atoms with E-state index in [-0.39, 0.29) is 36.4 Å². The van der Waals surface area contributed by atoms with Crippen LogP contribution in [0.4, 0.5) is 0 Å². The molecule has 2 atom stereocenters. The van der Waals surface area contributed by atoms with Crippen LogP contribution in [0.3, 0.4) is 0 Å². The van der Waals surface area contributed by atoms with Crippen LogP contribution in [0.15, 0.2) is 35.2 Å². The van der Waals surface area contributed by atoms with Crippen molar-refractivity contribution in [3.05, 3.63) is 63.2 Å². The van der Waals surface area contributed by atoms with Crippen molar-refractivity contribution in [3.63, 3.8) is 0 Å². The van der Waals surface area contributed by atoms with Crippen LogP contribution in [0.25, 0.3) is 0 Å². The molecule has 1 aliphatic heterocycles. The van der Waals surface area contributed by atoms with Crippen LogP contribution in [0.5, 0.6) is 0 Å². The van der Waals surface area contributed by atoms with Crippen molar-refractivity contribution in [1.29, 1.82) is 0 Å². The van der Waals surface area contributed by atoms with Gasteiger partial charge in [-0.05, 0) is 98.4 Å². The number of hydrogen-bond donors (Lipinski definition) is 3. The van der Waals surface area contributed by atoms with Gasteiger partial charge in [0.25, 0.3) is 0 Å². The molecule has 0 radical (unpaired) electrons. The smallest absolute Gasteiger partial charge is 0.244 e. The molecule has 1 saturated carbocycles. The maximum atomic E-state index is 13.7. The molecule has 8 nitrogen and oxygen atoms in total. The van der Waals surface area contributed by atoms with Gasteiger partial charge < -0.3 is 16.0 Å². The number of amides is 2. The molecule has 10 heteroatoms. The number of nitrogens with zero attached hydrogens (tertiary/aromatic N) is 1. The highest BCUT2D eigenvalue weighted by Crippen LogP contribution is 2.32. The minimum Gasteiger partial charge on any atom is -0.353 e. The van der Waals surface area contributed by atoms with E-state index in [1.54, 1.807) is 19.9 Å². The summed E-state index contributed by atoms with van der Waals surface area (Å²) in [6, 6.07) is 8.31. The highest BCUT2D eigenvalue weighted by atomic mass is 35.5. The standard InChI is InChI=1S/C29H37ClN4O4S/c1-18-13-27(19(2)12-24(18)30)39(37,38)34-11-10-32-29(36)26(34)15-28(35)33-25-5-3-4-22-14-21(8-9-23(22)25)17-31-16-20-6-7-20/h8-9,12-14,20,25-26,31H,3-7,10-11,15-17H2,1-2H3,(H,32,36)(H,33,35)/t25-,26?/m1/s1. The van der Waals surface area contributed by atoms with Gasteiger partial charge in [0.05, 0.1) is 17.4 Å². The Bertz CT molecular complexity index is 1380. The van der Waals surface area contributed by atoms with Gasteiger partial charge in [0, 0.05) is 24.7 Å². The highest BCUT2D eigenvalue weighted by Gasteiger charge is 2.40. The van der Waals surface area contributed by atoms with Gasteiger partial charge in [-0.15, -0.1) is 0 Å². The first kappa shape index (κ1) is 28.1. The molecule has 1 saturated heterocycles. The van der Waals surface area contributed by atoms with Gasteiger partial charge in [-0.25, -0.2) is 8.42 Å². The zero-order valence-electron chi connectivity index (χ0n) is 22.6. The number of carbonyl (C=O) groups is 2. The summed E-state index contributed by atoms with van der Waals surface area (Å²) in [4.78, 5) is 26.2. The van der Waals surface area contributed by atoms with E-state index >= 15 is 0 Å². The zero-order valence-corrected chi connectivity index (χ0v) is 24.1. The third-order valence-corrected chi connectivity index (χ3v) is 10.5. The van der Waals surface area contributed by atoms with Crippen molar-refractivity contribution in [1.82, 2.24) is 20.3 Å². The van der Waals surface area contributed by atoms with Gasteiger partial charge in [-0.1, -0.05) is 29.8 Å². The number of sulfonamides is 1. The maximum absolute atomic E-state index is 13.7. The van der Waals surface area contributed by atoms with Crippen molar-refractivity contribution in [2.45, 2.75) is 75.9 Å². The predicted octanol–water partition coefficient (Wildman–Crippen LogP) is 3.53. The molecule has 5 rings (SSSR count). The topological polar surface area (TPSA) is 108 Å². The van der Waals surface area contributed by atoms with E-state index in [0.717, 1.165) is 48.1 Å². The number of aryl methyl sites for hydroxylation is 3. The van der Waals surface area contributed by atoms with Crippen LogP contribution < -0.4 is 16.0 Å². The molecule has 1 unspecified atom stereocenters. The molecule has 2 aliphatic carbocycles. The third-order valence-electron chi connectivity index (χ3n) is 8.02. The number of benzene rings is 2. The molecule has 0 aromatic heterocycles. The van der Waals surface area contributed by atoms with Crippen molar-refractivity contribution in [2.75, 3.05) is 19.6 Å². The SMILES string of the molecule is Cc1cc(S(=O)(=O)N2CCNC(=O)C2CC(=O)N[C@@H]2CCCc3cc(CNCC4CC4)ccc32)c(C)cc1Cl. The van der Waals surface area contributed by atoms with Gasteiger partial charge in [-0.3, -0.25) is 9.59 Å². The van der Waals surface area contributed by atoms with Crippen molar-refractivity contribution < 1.29 is 18.0 Å². The average Bonchev–Trinajstić information content (AvgIpc) is 3.72. The van der Waals surface area contributed by atoms with Gasteiger partial charge in [0.2, 0.25) is 21.8 Å². The summed E-state index contributed by atoms with van der Waals surface area (Å²) >= 11 is 6.19. The lowest BCUT2D eigenvalue weighted by molar-refractivity contribution is -0.132. The number of carbonyl (C=O) groups excluding carboxylic acids is 2. The van der Waals surface area contributed by atoms with Crippen LogP contribution in [0.1, 0.15) is 66.0 Å². The van der Waals surface area contributed by atoms with E-state index in [0.29, 0.717) is 16.1 Å². The Morgan fingerprint density at radius 2 is 1.92 bits per heavy atom. The Balaban J connectivity index is 1.29. The van der Waals surface area contributed by atoms with Crippen molar-refractivity contribution in [3.8, 4) is 0 Å². The first-order valence-electron chi connectivity index (χ1n) is 13.8. The minimum absolute atomic E-state index is 0.0942. The number of halogens is 1. The number of nitrogens with one attached hydrogen (secondary N) is 3. The maximum Gasteiger partial charge on any atom is 0.244 e. The third kappa shape index (κ3) is 6.32. The molecule has 0 spiro atoms. The minimum atomic E-state index is -4.03. The van der Waals surface area contributed by atoms with Crippen LogP contribution in [0, 0.1) is 19.8 Å². The van der Waals surface area contributed by atoms with E-state index in [1.165, 1.54) is 30.0 Å². The fourth-order valence-electron chi connectivity index (χ4n) is 5.63. The molecule has 3 N–H and O–H groups in total. The predicted molar refractivity (Wildman–Crippen MR) is 151 cm³/mol. The van der Waals surface area contributed by atoms with Crippen LogP contribution in [-0.4, -0.2) is 50.2 Å². The van der Waals surface area contributed by atoms with E-state index < -0.39 is 22.0 Å². The Morgan fingerprint density at radius 1 is 1.13 bits per heavy atom. The fraction of sp³-hybridized carbons (Fsp3) is 0.517. The second-order valence-corrected chi connectivity index (χ2v) is 13.4. The Kier molecular flexibility index (Phi) is 8.33. The summed E-state index contributed by atoms with van der Waals surface area (Å²) in [7, 11) is -4.03. The zero-order chi connectivity index (χ0) is 27.7. The Hall–Kier alpha value is -2.46. The number of fused-ring (bicyclic) bond motifs is 1. The lowest BCUT2D eigenvalue weighted by Crippen LogP contribution is -2.58. The molecule has 1 heterocycles. The number of hydrogen-bond acceptors (Lipinski definition) is 5. The van der Waals surface area contributed by atoms with Crippen LogP contribution in [0.2, 0.25) is 5.02 Å². The van der Waals surface area contributed by atoms with Crippen molar-refractivity contribution >= 4 is 33.4 Å².